The summed E-state index contributed by atoms with van der Waals surface area (Å²) in [5, 5.41) is 2.97. The number of ether oxygens (including phenoxy) is 1. The maximum atomic E-state index is 13.4. The second-order valence-electron chi connectivity index (χ2n) is 8.03. The van der Waals surface area contributed by atoms with Crippen molar-refractivity contribution in [1.82, 2.24) is 9.97 Å². The molecule has 0 saturated carbocycles. The summed E-state index contributed by atoms with van der Waals surface area (Å²) >= 11 is 6.14. The van der Waals surface area contributed by atoms with Crippen LogP contribution in [0, 0.1) is 19.7 Å². The highest BCUT2D eigenvalue weighted by atomic mass is 35.5. The van der Waals surface area contributed by atoms with Gasteiger partial charge in [-0.1, -0.05) is 32.4 Å². The van der Waals surface area contributed by atoms with Crippen LogP contribution in [0.5, 0.6) is 11.5 Å². The Kier molecular flexibility index (Phi) is 6.08. The van der Waals surface area contributed by atoms with Crippen molar-refractivity contribution in [2.45, 2.75) is 40.0 Å². The van der Waals surface area contributed by atoms with Crippen molar-refractivity contribution < 1.29 is 13.9 Å². The molecular formula is C23H23ClFN3O2. The molecule has 0 spiro atoms. The van der Waals surface area contributed by atoms with E-state index in [2.05, 4.69) is 15.3 Å². The van der Waals surface area contributed by atoms with Crippen molar-refractivity contribution in [1.29, 1.82) is 0 Å². The Balaban J connectivity index is 2.07. The summed E-state index contributed by atoms with van der Waals surface area (Å²) in [6.45, 7) is 9.64. The second kappa shape index (κ2) is 8.40. The van der Waals surface area contributed by atoms with Crippen LogP contribution in [-0.4, -0.2) is 15.9 Å². The molecule has 0 unspecified atom stereocenters. The molecule has 156 valence electrons. The molecule has 0 saturated heterocycles. The van der Waals surface area contributed by atoms with Crippen LogP contribution in [-0.2, 0) is 5.41 Å². The number of nitrogens with zero attached hydrogens (tertiary/aromatic N) is 2. The first kappa shape index (κ1) is 21.7. The number of benzene rings is 1. The standard InChI is InChI=1S/C23H23ClFN3O2/c1-13-10-16(8-9-26-13)28-22(29)21-14(2)27-20(23(3,4)5)12-19(21)30-18-7-6-15(25)11-17(18)24/h6-12H,1-5H3,(H,26,28,29). The molecular weight excluding hydrogens is 405 g/mol. The number of aryl methyl sites for hydroxylation is 2. The lowest BCUT2D eigenvalue weighted by Gasteiger charge is -2.22. The van der Waals surface area contributed by atoms with E-state index in [1.165, 1.54) is 12.1 Å². The van der Waals surface area contributed by atoms with E-state index in [4.69, 9.17) is 16.3 Å². The molecule has 1 amide bonds. The fraction of sp³-hybridized carbons (Fsp3) is 0.261. The normalized spacial score (nSPS) is 11.3. The first-order chi connectivity index (χ1) is 14.0. The molecule has 7 heteroatoms. The highest BCUT2D eigenvalue weighted by Gasteiger charge is 2.24. The lowest BCUT2D eigenvalue weighted by molar-refractivity contribution is 0.102. The fourth-order valence-corrected chi connectivity index (χ4v) is 3.08. The summed E-state index contributed by atoms with van der Waals surface area (Å²) in [5.41, 5.74) is 2.66. The maximum Gasteiger partial charge on any atom is 0.261 e. The van der Waals surface area contributed by atoms with Gasteiger partial charge in [-0.05, 0) is 44.2 Å². The number of hydrogen-bond acceptors (Lipinski definition) is 4. The van der Waals surface area contributed by atoms with E-state index in [0.29, 0.717) is 17.1 Å². The number of pyridine rings is 2. The Bertz CT molecular complexity index is 1110. The number of amides is 1. The SMILES string of the molecule is Cc1cc(NC(=O)c2c(Oc3ccc(F)cc3Cl)cc(C(C)(C)C)nc2C)ccn1. The van der Waals surface area contributed by atoms with E-state index in [1.54, 1.807) is 31.3 Å². The molecule has 30 heavy (non-hydrogen) atoms. The first-order valence-electron chi connectivity index (χ1n) is 9.43. The first-order valence-corrected chi connectivity index (χ1v) is 9.81. The van der Waals surface area contributed by atoms with Gasteiger partial charge in [-0.25, -0.2) is 4.39 Å². The summed E-state index contributed by atoms with van der Waals surface area (Å²) in [7, 11) is 0. The van der Waals surface area contributed by atoms with Gasteiger partial charge in [0.1, 0.15) is 22.9 Å². The van der Waals surface area contributed by atoms with E-state index in [1.807, 2.05) is 27.7 Å². The van der Waals surface area contributed by atoms with Gasteiger partial charge in [-0.15, -0.1) is 0 Å². The molecule has 5 nitrogen and oxygen atoms in total. The van der Waals surface area contributed by atoms with E-state index in [0.717, 1.165) is 17.5 Å². The lowest BCUT2D eigenvalue weighted by Crippen LogP contribution is -2.20. The van der Waals surface area contributed by atoms with Gasteiger partial charge in [-0.2, -0.15) is 0 Å². The Hall–Kier alpha value is -2.99. The zero-order valence-corrected chi connectivity index (χ0v) is 18.3. The van der Waals surface area contributed by atoms with Gasteiger partial charge in [0.25, 0.3) is 5.91 Å². The Morgan fingerprint density at radius 3 is 2.47 bits per heavy atom. The largest absolute Gasteiger partial charge is 0.455 e. The highest BCUT2D eigenvalue weighted by Crippen LogP contribution is 2.35. The van der Waals surface area contributed by atoms with Gasteiger partial charge in [0, 0.05) is 34.8 Å². The minimum atomic E-state index is -0.473. The molecule has 0 radical (unpaired) electrons. The lowest BCUT2D eigenvalue weighted by atomic mass is 9.90. The van der Waals surface area contributed by atoms with Gasteiger partial charge in [0.15, 0.2) is 0 Å². The van der Waals surface area contributed by atoms with Crippen molar-refractivity contribution in [3.05, 3.63) is 76.1 Å². The molecule has 2 aromatic heterocycles. The van der Waals surface area contributed by atoms with Crippen LogP contribution in [0.25, 0.3) is 0 Å². The smallest absolute Gasteiger partial charge is 0.261 e. The van der Waals surface area contributed by atoms with Crippen molar-refractivity contribution in [3.8, 4) is 11.5 Å². The molecule has 0 aliphatic heterocycles. The molecule has 1 N–H and O–H groups in total. The van der Waals surface area contributed by atoms with Gasteiger partial charge < -0.3 is 10.1 Å². The summed E-state index contributed by atoms with van der Waals surface area (Å²) in [5.74, 6) is -0.305. The van der Waals surface area contributed by atoms with Crippen LogP contribution >= 0.6 is 11.6 Å². The third-order valence-electron chi connectivity index (χ3n) is 4.43. The van der Waals surface area contributed by atoms with E-state index < -0.39 is 5.82 Å². The molecule has 0 aliphatic rings. The van der Waals surface area contributed by atoms with Crippen LogP contribution in [0.15, 0.2) is 42.6 Å². The van der Waals surface area contributed by atoms with Crippen LogP contribution in [0.4, 0.5) is 10.1 Å². The van der Waals surface area contributed by atoms with Crippen molar-refractivity contribution in [2.75, 3.05) is 5.32 Å². The predicted octanol–water partition coefficient (Wildman–Crippen LogP) is 6.23. The predicted molar refractivity (Wildman–Crippen MR) is 116 cm³/mol. The third kappa shape index (κ3) is 4.94. The second-order valence-corrected chi connectivity index (χ2v) is 8.44. The Morgan fingerprint density at radius 1 is 1.10 bits per heavy atom. The van der Waals surface area contributed by atoms with Gasteiger partial charge in [0.05, 0.1) is 10.7 Å². The average molecular weight is 428 g/mol. The van der Waals surface area contributed by atoms with Gasteiger partial charge in [-0.3, -0.25) is 14.8 Å². The Morgan fingerprint density at radius 2 is 1.83 bits per heavy atom. The zero-order valence-electron chi connectivity index (χ0n) is 17.5. The van der Waals surface area contributed by atoms with Crippen LogP contribution in [0.3, 0.4) is 0 Å². The number of halogens is 2. The Labute approximate surface area is 180 Å². The molecule has 2 heterocycles. The van der Waals surface area contributed by atoms with Crippen LogP contribution in [0.2, 0.25) is 5.02 Å². The number of anilines is 1. The summed E-state index contributed by atoms with van der Waals surface area (Å²) < 4.78 is 19.4. The zero-order chi connectivity index (χ0) is 22.1. The van der Waals surface area contributed by atoms with Crippen molar-refractivity contribution in [2.24, 2.45) is 0 Å². The third-order valence-corrected chi connectivity index (χ3v) is 4.72. The van der Waals surface area contributed by atoms with Crippen LogP contribution in [0.1, 0.15) is 48.2 Å². The number of carbonyl (C=O) groups excluding carboxylic acids is 1. The van der Waals surface area contributed by atoms with Gasteiger partial charge in [0.2, 0.25) is 0 Å². The number of hydrogen-bond donors (Lipinski definition) is 1. The molecule has 0 aliphatic carbocycles. The number of rotatable bonds is 4. The topological polar surface area (TPSA) is 64.1 Å². The summed E-state index contributed by atoms with van der Waals surface area (Å²) in [4.78, 5) is 21.9. The molecule has 1 aromatic carbocycles. The van der Waals surface area contributed by atoms with E-state index >= 15 is 0 Å². The molecule has 0 bridgehead atoms. The number of aromatic nitrogens is 2. The molecule has 3 aromatic rings. The minimum absolute atomic E-state index is 0.109. The summed E-state index contributed by atoms with van der Waals surface area (Å²) in [6.07, 6.45) is 1.62. The fourth-order valence-electron chi connectivity index (χ4n) is 2.88. The highest BCUT2D eigenvalue weighted by molar-refractivity contribution is 6.32. The molecule has 3 rings (SSSR count). The van der Waals surface area contributed by atoms with E-state index in [9.17, 15) is 9.18 Å². The molecule has 0 atom stereocenters. The maximum absolute atomic E-state index is 13.4. The molecule has 0 fully saturated rings. The van der Waals surface area contributed by atoms with Crippen molar-refractivity contribution in [3.63, 3.8) is 0 Å². The summed E-state index contributed by atoms with van der Waals surface area (Å²) in [6, 6.07) is 9.03. The quantitative estimate of drug-likeness (QED) is 0.536. The van der Waals surface area contributed by atoms with Crippen molar-refractivity contribution >= 4 is 23.2 Å². The van der Waals surface area contributed by atoms with Gasteiger partial charge >= 0.3 is 0 Å². The van der Waals surface area contributed by atoms with E-state index in [-0.39, 0.29) is 27.7 Å². The number of carbonyl (C=O) groups is 1. The van der Waals surface area contributed by atoms with Crippen LogP contribution < -0.4 is 10.1 Å². The average Bonchev–Trinajstić information content (AvgIpc) is 2.63. The number of nitrogens with one attached hydrogen (secondary N) is 1. The minimum Gasteiger partial charge on any atom is -0.455 e. The monoisotopic (exact) mass is 427 g/mol.